The lowest BCUT2D eigenvalue weighted by molar-refractivity contribution is 0.0336. The van der Waals surface area contributed by atoms with Crippen LogP contribution in [-0.4, -0.2) is 38.0 Å². The summed E-state index contributed by atoms with van der Waals surface area (Å²) in [7, 11) is -3.30. The van der Waals surface area contributed by atoms with Gasteiger partial charge >= 0.3 is 5.97 Å². The molecule has 0 bridgehead atoms. The van der Waals surface area contributed by atoms with Gasteiger partial charge in [0.25, 0.3) is 0 Å². The number of hydrogen-bond donors (Lipinski definition) is 1. The number of sulfone groups is 1. The number of esters is 1. The number of anilines is 1. The van der Waals surface area contributed by atoms with Gasteiger partial charge in [-0.3, -0.25) is 0 Å². The topological polar surface area (TPSA) is 72.5 Å². The Morgan fingerprint density at radius 3 is 2.38 bits per heavy atom. The van der Waals surface area contributed by atoms with Crippen molar-refractivity contribution in [3.63, 3.8) is 0 Å². The highest BCUT2D eigenvalue weighted by Crippen LogP contribution is 2.21. The van der Waals surface area contributed by atoms with Gasteiger partial charge < -0.3 is 10.1 Å². The van der Waals surface area contributed by atoms with Gasteiger partial charge in [-0.05, 0) is 36.4 Å². The molecule has 1 fully saturated rings. The molecule has 3 rings (SSSR count). The number of halogens is 1. The molecule has 24 heavy (non-hydrogen) atoms. The lowest BCUT2D eigenvalue weighted by atomic mass is 10.2. The standard InChI is InChI=1S/C17H16FNO4S/c18-13-8-6-12(7-9-13)17(20)23-16-11-24(21,22)10-15(16)19-14-4-2-1-3-5-14/h1-9,15-16,19H,10-11H2/t15-,16+/m0/s1. The van der Waals surface area contributed by atoms with Gasteiger partial charge in [-0.2, -0.15) is 0 Å². The minimum absolute atomic E-state index is 0.108. The summed E-state index contributed by atoms with van der Waals surface area (Å²) in [6.45, 7) is 0. The second-order valence-electron chi connectivity index (χ2n) is 5.64. The van der Waals surface area contributed by atoms with E-state index in [1.807, 2.05) is 30.3 Å². The molecule has 0 aromatic heterocycles. The van der Waals surface area contributed by atoms with Crippen LogP contribution in [-0.2, 0) is 14.6 Å². The summed E-state index contributed by atoms with van der Waals surface area (Å²) in [6.07, 6.45) is -0.798. The summed E-state index contributed by atoms with van der Waals surface area (Å²) in [4.78, 5) is 12.2. The highest BCUT2D eigenvalue weighted by Gasteiger charge is 2.40. The first-order valence-corrected chi connectivity index (χ1v) is 9.24. The fourth-order valence-electron chi connectivity index (χ4n) is 2.61. The largest absolute Gasteiger partial charge is 0.455 e. The quantitative estimate of drug-likeness (QED) is 0.857. The minimum atomic E-state index is -3.30. The lowest BCUT2D eigenvalue weighted by Crippen LogP contribution is -2.35. The second-order valence-corrected chi connectivity index (χ2v) is 7.80. The Labute approximate surface area is 139 Å². The van der Waals surface area contributed by atoms with E-state index in [4.69, 9.17) is 4.74 Å². The van der Waals surface area contributed by atoms with Crippen LogP contribution in [0.5, 0.6) is 0 Å². The van der Waals surface area contributed by atoms with E-state index in [9.17, 15) is 17.6 Å². The predicted octanol–water partition coefficient (Wildman–Crippen LogP) is 2.26. The number of carbonyl (C=O) groups excluding carboxylic acids is 1. The molecule has 0 spiro atoms. The van der Waals surface area contributed by atoms with Gasteiger partial charge in [0.2, 0.25) is 0 Å². The summed E-state index contributed by atoms with van der Waals surface area (Å²) >= 11 is 0. The maximum Gasteiger partial charge on any atom is 0.338 e. The molecule has 5 nitrogen and oxygen atoms in total. The van der Waals surface area contributed by atoms with Crippen molar-refractivity contribution in [2.24, 2.45) is 0 Å². The number of nitrogens with one attached hydrogen (secondary N) is 1. The Morgan fingerprint density at radius 2 is 1.71 bits per heavy atom. The molecule has 1 N–H and O–H groups in total. The van der Waals surface area contributed by atoms with Gasteiger partial charge in [0.1, 0.15) is 11.9 Å². The first kappa shape index (κ1) is 16.4. The van der Waals surface area contributed by atoms with Crippen LogP contribution in [0.15, 0.2) is 54.6 Å². The molecular weight excluding hydrogens is 333 g/mol. The van der Waals surface area contributed by atoms with E-state index in [1.165, 1.54) is 12.1 Å². The number of carbonyl (C=O) groups is 1. The Morgan fingerprint density at radius 1 is 1.04 bits per heavy atom. The predicted molar refractivity (Wildman–Crippen MR) is 88.1 cm³/mol. The van der Waals surface area contributed by atoms with Crippen LogP contribution in [0.3, 0.4) is 0 Å². The summed E-state index contributed by atoms with van der Waals surface area (Å²) in [5.41, 5.74) is 0.932. The van der Waals surface area contributed by atoms with E-state index in [2.05, 4.69) is 5.32 Å². The minimum Gasteiger partial charge on any atom is -0.455 e. The maximum absolute atomic E-state index is 12.9. The smallest absolute Gasteiger partial charge is 0.338 e. The molecule has 2 atom stereocenters. The van der Waals surface area contributed by atoms with Gasteiger partial charge in [0.05, 0.1) is 23.1 Å². The molecule has 0 unspecified atom stereocenters. The fraction of sp³-hybridized carbons (Fsp3) is 0.235. The Balaban J connectivity index is 1.74. The lowest BCUT2D eigenvalue weighted by Gasteiger charge is -2.21. The van der Waals surface area contributed by atoms with Crippen LogP contribution in [0.4, 0.5) is 10.1 Å². The van der Waals surface area contributed by atoms with Crippen molar-refractivity contribution in [1.82, 2.24) is 0 Å². The molecule has 2 aromatic carbocycles. The third kappa shape index (κ3) is 3.91. The fourth-order valence-corrected chi connectivity index (χ4v) is 4.39. The molecule has 0 radical (unpaired) electrons. The van der Waals surface area contributed by atoms with Crippen molar-refractivity contribution in [3.8, 4) is 0 Å². The van der Waals surface area contributed by atoms with E-state index < -0.39 is 33.8 Å². The zero-order valence-corrected chi connectivity index (χ0v) is 13.5. The van der Waals surface area contributed by atoms with Crippen LogP contribution in [0.25, 0.3) is 0 Å². The molecule has 126 valence electrons. The van der Waals surface area contributed by atoms with Crippen molar-refractivity contribution in [1.29, 1.82) is 0 Å². The molecule has 1 saturated heterocycles. The first-order chi connectivity index (χ1) is 11.4. The molecule has 1 heterocycles. The number of ether oxygens (including phenoxy) is 1. The van der Waals surface area contributed by atoms with Gasteiger partial charge in [0.15, 0.2) is 9.84 Å². The van der Waals surface area contributed by atoms with Crippen LogP contribution < -0.4 is 5.32 Å². The van der Waals surface area contributed by atoms with E-state index in [0.29, 0.717) is 0 Å². The van der Waals surface area contributed by atoms with E-state index in [1.54, 1.807) is 0 Å². The highest BCUT2D eigenvalue weighted by molar-refractivity contribution is 7.91. The third-order valence-corrected chi connectivity index (χ3v) is 5.47. The van der Waals surface area contributed by atoms with E-state index in [0.717, 1.165) is 17.8 Å². The SMILES string of the molecule is O=C(O[C@@H]1CS(=O)(=O)C[C@@H]1Nc1ccccc1)c1ccc(F)cc1. The molecule has 7 heteroatoms. The molecule has 0 saturated carbocycles. The Kier molecular flexibility index (Phi) is 4.53. The maximum atomic E-state index is 12.9. The Bertz CT molecular complexity index is 821. The van der Waals surface area contributed by atoms with Crippen LogP contribution in [0.1, 0.15) is 10.4 Å². The van der Waals surface area contributed by atoms with Crippen molar-refractivity contribution in [2.75, 3.05) is 16.8 Å². The van der Waals surface area contributed by atoms with Gasteiger partial charge in [-0.25, -0.2) is 17.6 Å². The molecule has 0 amide bonds. The number of rotatable bonds is 4. The number of benzene rings is 2. The zero-order valence-electron chi connectivity index (χ0n) is 12.7. The molecule has 1 aliphatic heterocycles. The number of para-hydroxylation sites is 1. The van der Waals surface area contributed by atoms with Gasteiger partial charge in [-0.15, -0.1) is 0 Å². The molecule has 1 aliphatic rings. The van der Waals surface area contributed by atoms with Crippen LogP contribution in [0, 0.1) is 5.82 Å². The molecule has 2 aromatic rings. The average Bonchev–Trinajstić information content (AvgIpc) is 2.82. The second kappa shape index (κ2) is 6.60. The average molecular weight is 349 g/mol. The molecular formula is C17H16FNO4S. The summed E-state index contributed by atoms with van der Waals surface area (Å²) in [6, 6.07) is 13.5. The van der Waals surface area contributed by atoms with Crippen LogP contribution >= 0.6 is 0 Å². The highest BCUT2D eigenvalue weighted by atomic mass is 32.2. The van der Waals surface area contributed by atoms with E-state index >= 15 is 0 Å². The summed E-state index contributed by atoms with van der Waals surface area (Å²) in [5.74, 6) is -1.47. The first-order valence-electron chi connectivity index (χ1n) is 7.41. The summed E-state index contributed by atoms with van der Waals surface area (Å²) < 4.78 is 42.1. The van der Waals surface area contributed by atoms with Crippen molar-refractivity contribution in [3.05, 3.63) is 66.0 Å². The van der Waals surface area contributed by atoms with Crippen LogP contribution in [0.2, 0.25) is 0 Å². The monoisotopic (exact) mass is 349 g/mol. The van der Waals surface area contributed by atoms with E-state index in [-0.39, 0.29) is 17.1 Å². The van der Waals surface area contributed by atoms with Crippen molar-refractivity contribution >= 4 is 21.5 Å². The van der Waals surface area contributed by atoms with Crippen molar-refractivity contribution < 1.29 is 22.3 Å². The van der Waals surface area contributed by atoms with Gasteiger partial charge in [0, 0.05) is 5.69 Å². The third-order valence-electron chi connectivity index (χ3n) is 3.76. The summed E-state index contributed by atoms with van der Waals surface area (Å²) in [5, 5.41) is 3.10. The number of hydrogen-bond acceptors (Lipinski definition) is 5. The molecule has 0 aliphatic carbocycles. The van der Waals surface area contributed by atoms with Gasteiger partial charge in [-0.1, -0.05) is 18.2 Å². The Hall–Kier alpha value is -2.41. The normalized spacial score (nSPS) is 22.0. The van der Waals surface area contributed by atoms with Crippen molar-refractivity contribution in [2.45, 2.75) is 12.1 Å². The zero-order chi connectivity index (χ0) is 17.2.